The van der Waals surface area contributed by atoms with Crippen molar-refractivity contribution in [1.82, 2.24) is 4.90 Å². The fraction of sp³-hybridized carbons (Fsp3) is 0.333. The van der Waals surface area contributed by atoms with E-state index in [0.717, 1.165) is 9.77 Å². The van der Waals surface area contributed by atoms with Crippen LogP contribution < -0.4 is 0 Å². The molecule has 1 heterocycles. The average molecular weight is 266 g/mol. The van der Waals surface area contributed by atoms with Gasteiger partial charge in [0.25, 0.3) is 0 Å². The normalized spacial score (nSPS) is 10.5. The van der Waals surface area contributed by atoms with Crippen LogP contribution in [-0.2, 0) is 0 Å². The molecule has 0 N–H and O–H groups in total. The van der Waals surface area contributed by atoms with Crippen LogP contribution in [0.1, 0.15) is 15.9 Å². The van der Waals surface area contributed by atoms with E-state index in [9.17, 15) is 4.79 Å². The third-order valence-corrected chi connectivity index (χ3v) is 4.45. The highest BCUT2D eigenvalue weighted by atomic mass is 32.2. The Morgan fingerprint density at radius 3 is 2.65 bits per heavy atom. The van der Waals surface area contributed by atoms with Crippen molar-refractivity contribution in [3.63, 3.8) is 0 Å². The highest BCUT2D eigenvalue weighted by Crippen LogP contribution is 2.40. The van der Waals surface area contributed by atoms with Gasteiger partial charge in [-0.05, 0) is 18.7 Å². The van der Waals surface area contributed by atoms with E-state index < -0.39 is 0 Å². The fourth-order valence-corrected chi connectivity index (χ4v) is 3.17. The third-order valence-electron chi connectivity index (χ3n) is 2.15. The van der Waals surface area contributed by atoms with Crippen LogP contribution in [0.4, 0.5) is 5.00 Å². The lowest BCUT2D eigenvalue weighted by Crippen LogP contribution is -2.03. The van der Waals surface area contributed by atoms with Crippen molar-refractivity contribution in [3.05, 3.63) is 34.8 Å². The number of carbonyl (C=O) groups excluding carboxylic acids is 1. The number of nitrogens with zero attached hydrogens (tertiary/aromatic N) is 2. The maximum atomic E-state index is 12.1. The maximum Gasteiger partial charge on any atom is 0.245 e. The molecule has 0 spiro atoms. The molecule has 5 heteroatoms. The molecule has 1 rings (SSSR count). The number of thiophene rings is 1. The van der Waals surface area contributed by atoms with Gasteiger partial charge in [-0.3, -0.25) is 4.79 Å². The van der Waals surface area contributed by atoms with Crippen molar-refractivity contribution in [2.75, 3.05) is 20.4 Å². The van der Waals surface area contributed by atoms with E-state index in [1.165, 1.54) is 23.1 Å². The van der Waals surface area contributed by atoms with Crippen LogP contribution in [0.2, 0.25) is 0 Å². The minimum Gasteiger partial charge on any atom is -0.383 e. The van der Waals surface area contributed by atoms with Gasteiger partial charge in [0.2, 0.25) is 5.00 Å². The maximum absolute atomic E-state index is 12.1. The molecule has 0 aliphatic rings. The van der Waals surface area contributed by atoms with Gasteiger partial charge >= 0.3 is 0 Å². The Labute approximate surface area is 110 Å². The Kier molecular flexibility index (Phi) is 4.79. The minimum atomic E-state index is -0.0355. The highest BCUT2D eigenvalue weighted by Gasteiger charge is 2.18. The first kappa shape index (κ1) is 13.8. The molecular formula is C12H14N2OS2. The van der Waals surface area contributed by atoms with Crippen molar-refractivity contribution >= 4 is 33.9 Å². The predicted octanol–water partition coefficient (Wildman–Crippen LogP) is 3.59. The van der Waals surface area contributed by atoms with Gasteiger partial charge in [0.15, 0.2) is 5.78 Å². The molecule has 0 saturated heterocycles. The summed E-state index contributed by atoms with van der Waals surface area (Å²) in [5.41, 5.74) is 1.47. The molecule has 0 atom stereocenters. The molecule has 0 radical (unpaired) electrons. The molecule has 0 amide bonds. The monoisotopic (exact) mass is 266 g/mol. The van der Waals surface area contributed by atoms with Crippen LogP contribution in [0.25, 0.3) is 4.85 Å². The van der Waals surface area contributed by atoms with Crippen molar-refractivity contribution in [3.8, 4) is 0 Å². The number of hydrogen-bond donors (Lipinski definition) is 0. The molecule has 90 valence electrons. The van der Waals surface area contributed by atoms with E-state index in [2.05, 4.69) is 4.85 Å². The molecule has 3 nitrogen and oxygen atoms in total. The Morgan fingerprint density at radius 2 is 2.18 bits per heavy atom. The molecule has 1 aromatic rings. The van der Waals surface area contributed by atoms with Gasteiger partial charge in [-0.2, -0.15) is 0 Å². The summed E-state index contributed by atoms with van der Waals surface area (Å²) in [4.78, 5) is 17.3. The summed E-state index contributed by atoms with van der Waals surface area (Å²) in [7, 11) is 3.73. The zero-order chi connectivity index (χ0) is 13.0. The SMILES string of the molecule is [C-]#[N+]c1sc(SC)c(C(=O)C=CN(C)C)c1C. The second-order valence-electron chi connectivity index (χ2n) is 3.65. The van der Waals surface area contributed by atoms with Gasteiger partial charge in [0.05, 0.1) is 10.8 Å². The van der Waals surface area contributed by atoms with Gasteiger partial charge in [-0.25, -0.2) is 4.85 Å². The van der Waals surface area contributed by atoms with E-state index >= 15 is 0 Å². The smallest absolute Gasteiger partial charge is 0.245 e. The standard InChI is InChI=1S/C12H14N2OS2/c1-8-10(9(15)6-7-14(3)4)12(16-5)17-11(8)13-2/h6-7H,1,3-5H3. The van der Waals surface area contributed by atoms with E-state index in [1.54, 1.807) is 12.3 Å². The van der Waals surface area contributed by atoms with E-state index in [-0.39, 0.29) is 5.78 Å². The second kappa shape index (κ2) is 5.89. The number of allylic oxidation sites excluding steroid dienone is 1. The highest BCUT2D eigenvalue weighted by molar-refractivity contribution is 8.00. The number of rotatable bonds is 4. The van der Waals surface area contributed by atoms with Gasteiger partial charge in [-0.15, -0.1) is 23.1 Å². The molecule has 0 aromatic carbocycles. The molecule has 17 heavy (non-hydrogen) atoms. The van der Waals surface area contributed by atoms with Gasteiger partial charge in [0.1, 0.15) is 0 Å². The lowest BCUT2D eigenvalue weighted by Gasteiger charge is -2.03. The molecule has 0 aliphatic heterocycles. The van der Waals surface area contributed by atoms with Crippen LogP contribution in [0.15, 0.2) is 16.5 Å². The third kappa shape index (κ3) is 3.11. The Hall–Kier alpha value is -1.25. The summed E-state index contributed by atoms with van der Waals surface area (Å²) >= 11 is 2.90. The van der Waals surface area contributed by atoms with Crippen molar-refractivity contribution in [2.24, 2.45) is 0 Å². The summed E-state index contributed by atoms with van der Waals surface area (Å²) < 4.78 is 0.918. The summed E-state index contributed by atoms with van der Waals surface area (Å²) in [6.07, 6.45) is 5.19. The van der Waals surface area contributed by atoms with E-state index in [4.69, 9.17) is 6.57 Å². The van der Waals surface area contributed by atoms with E-state index in [0.29, 0.717) is 10.6 Å². The lowest BCUT2D eigenvalue weighted by molar-refractivity contribution is 0.104. The molecule has 0 saturated carbocycles. The number of hydrogen-bond acceptors (Lipinski definition) is 4. The zero-order valence-electron chi connectivity index (χ0n) is 10.3. The van der Waals surface area contributed by atoms with Crippen LogP contribution in [0.5, 0.6) is 0 Å². The predicted molar refractivity (Wildman–Crippen MR) is 74.3 cm³/mol. The Morgan fingerprint density at radius 1 is 1.53 bits per heavy atom. The summed E-state index contributed by atoms with van der Waals surface area (Å²) in [6.45, 7) is 8.90. The van der Waals surface area contributed by atoms with Crippen molar-refractivity contribution in [1.29, 1.82) is 0 Å². The van der Waals surface area contributed by atoms with Crippen LogP contribution in [0.3, 0.4) is 0 Å². The van der Waals surface area contributed by atoms with Gasteiger partial charge in [0, 0.05) is 31.9 Å². The number of carbonyl (C=O) groups is 1. The zero-order valence-corrected chi connectivity index (χ0v) is 11.9. The fourth-order valence-electron chi connectivity index (χ4n) is 1.31. The van der Waals surface area contributed by atoms with Crippen LogP contribution >= 0.6 is 23.1 Å². The van der Waals surface area contributed by atoms with Crippen molar-refractivity contribution < 1.29 is 4.79 Å². The van der Waals surface area contributed by atoms with Crippen LogP contribution in [0, 0.1) is 13.5 Å². The Balaban J connectivity index is 3.17. The first-order chi connectivity index (χ1) is 8.01. The van der Waals surface area contributed by atoms with Gasteiger partial charge < -0.3 is 4.90 Å². The van der Waals surface area contributed by atoms with Crippen molar-refractivity contribution in [2.45, 2.75) is 11.1 Å². The lowest BCUT2D eigenvalue weighted by atomic mass is 10.1. The van der Waals surface area contributed by atoms with Gasteiger partial charge in [-0.1, -0.05) is 0 Å². The summed E-state index contributed by atoms with van der Waals surface area (Å²) in [5.74, 6) is -0.0355. The van der Waals surface area contributed by atoms with Crippen LogP contribution in [-0.4, -0.2) is 31.0 Å². The first-order valence-electron chi connectivity index (χ1n) is 4.95. The minimum absolute atomic E-state index is 0.0355. The quantitative estimate of drug-likeness (QED) is 0.360. The largest absolute Gasteiger partial charge is 0.383 e. The number of thioether (sulfide) groups is 1. The molecule has 1 aromatic heterocycles. The summed E-state index contributed by atoms with van der Waals surface area (Å²) in [6, 6.07) is 0. The van der Waals surface area contributed by atoms with E-state index in [1.807, 2.05) is 32.2 Å². The first-order valence-corrected chi connectivity index (χ1v) is 6.99. The molecule has 0 bridgehead atoms. The number of ketones is 1. The summed E-state index contributed by atoms with van der Waals surface area (Å²) in [5, 5.41) is 0.607. The molecule has 0 aliphatic carbocycles. The average Bonchev–Trinajstić information content (AvgIpc) is 2.62. The molecular weight excluding hydrogens is 252 g/mol. The second-order valence-corrected chi connectivity index (χ2v) is 5.73. The molecule has 0 unspecified atom stereocenters. The molecule has 0 fully saturated rings. The topological polar surface area (TPSA) is 24.7 Å². The Bertz CT molecular complexity index is 495.